The topological polar surface area (TPSA) is 85.4 Å². The van der Waals surface area contributed by atoms with Crippen LogP contribution in [-0.2, 0) is 6.54 Å². The normalized spacial score (nSPS) is 10.9. The Hall–Kier alpha value is -3.33. The van der Waals surface area contributed by atoms with Crippen LogP contribution in [0.4, 0.5) is 5.82 Å². The van der Waals surface area contributed by atoms with Gasteiger partial charge < -0.3 is 10.3 Å². The lowest BCUT2D eigenvalue weighted by Gasteiger charge is -2.01. The average molecular weight is 316 g/mol. The smallest absolute Gasteiger partial charge is 0.135 e. The third kappa shape index (κ3) is 2.18. The molecule has 6 nitrogen and oxygen atoms in total. The third-order valence-electron chi connectivity index (χ3n) is 4.08. The zero-order valence-electron chi connectivity index (χ0n) is 13.5. The summed E-state index contributed by atoms with van der Waals surface area (Å²) in [6.45, 7) is 5.03. The standard InChI is InChI=1S/C18H16N6/c1-3-24-11(2)21-15-10-12(5-7-16(15)24)4-6-13-17-14(23-22-13)8-9-20-18(17)19/h5,7-10H,3H2,1-2H3,(H2,19,20)(H,22,23). The van der Waals surface area contributed by atoms with Crippen molar-refractivity contribution in [3.63, 3.8) is 0 Å². The van der Waals surface area contributed by atoms with Crippen LogP contribution in [0.15, 0.2) is 30.5 Å². The maximum atomic E-state index is 5.93. The van der Waals surface area contributed by atoms with E-state index in [1.807, 2.05) is 19.1 Å². The lowest BCUT2D eigenvalue weighted by atomic mass is 10.2. The number of nitrogens with one attached hydrogen (secondary N) is 1. The number of nitrogens with zero attached hydrogens (tertiary/aromatic N) is 4. The largest absolute Gasteiger partial charge is 0.383 e. The van der Waals surface area contributed by atoms with Crippen molar-refractivity contribution in [2.24, 2.45) is 0 Å². The zero-order chi connectivity index (χ0) is 16.7. The fourth-order valence-corrected chi connectivity index (χ4v) is 2.94. The van der Waals surface area contributed by atoms with Gasteiger partial charge in [0.05, 0.1) is 21.9 Å². The fourth-order valence-electron chi connectivity index (χ4n) is 2.94. The third-order valence-corrected chi connectivity index (χ3v) is 4.08. The molecule has 4 rings (SSSR count). The quantitative estimate of drug-likeness (QED) is 0.529. The number of benzene rings is 1. The predicted molar refractivity (Wildman–Crippen MR) is 94.4 cm³/mol. The van der Waals surface area contributed by atoms with Gasteiger partial charge in [0.25, 0.3) is 0 Å². The van der Waals surface area contributed by atoms with Gasteiger partial charge in [-0.25, -0.2) is 9.97 Å². The van der Waals surface area contributed by atoms with Crippen LogP contribution in [0.3, 0.4) is 0 Å². The number of rotatable bonds is 1. The summed E-state index contributed by atoms with van der Waals surface area (Å²) in [6.07, 6.45) is 1.63. The summed E-state index contributed by atoms with van der Waals surface area (Å²) < 4.78 is 2.18. The molecule has 0 saturated heterocycles. The molecule has 0 spiro atoms. The Bertz CT molecular complexity index is 1120. The second-order valence-electron chi connectivity index (χ2n) is 5.55. The van der Waals surface area contributed by atoms with Gasteiger partial charge in [0.2, 0.25) is 0 Å². The second kappa shape index (κ2) is 5.39. The van der Waals surface area contributed by atoms with Gasteiger partial charge in [0, 0.05) is 18.3 Å². The number of aromatic nitrogens is 5. The first-order chi connectivity index (χ1) is 11.7. The molecule has 0 bridgehead atoms. The van der Waals surface area contributed by atoms with Gasteiger partial charge >= 0.3 is 0 Å². The molecule has 0 amide bonds. The van der Waals surface area contributed by atoms with Crippen LogP contribution >= 0.6 is 0 Å². The van der Waals surface area contributed by atoms with E-state index in [0.29, 0.717) is 11.5 Å². The highest BCUT2D eigenvalue weighted by atomic mass is 15.1. The number of pyridine rings is 1. The molecule has 0 radical (unpaired) electrons. The van der Waals surface area contributed by atoms with Crippen LogP contribution in [0.2, 0.25) is 0 Å². The highest BCUT2D eigenvalue weighted by Gasteiger charge is 2.08. The number of H-pyrrole nitrogens is 1. The average Bonchev–Trinajstić information content (AvgIpc) is 3.13. The van der Waals surface area contributed by atoms with Crippen molar-refractivity contribution in [2.45, 2.75) is 20.4 Å². The first-order valence-corrected chi connectivity index (χ1v) is 7.75. The van der Waals surface area contributed by atoms with Crippen molar-refractivity contribution in [1.29, 1.82) is 0 Å². The lowest BCUT2D eigenvalue weighted by Crippen LogP contribution is -1.95. The van der Waals surface area contributed by atoms with Crippen LogP contribution in [0.5, 0.6) is 0 Å². The fraction of sp³-hybridized carbons (Fsp3) is 0.167. The Balaban J connectivity index is 1.78. The van der Waals surface area contributed by atoms with Gasteiger partial charge in [0.1, 0.15) is 17.3 Å². The van der Waals surface area contributed by atoms with Crippen molar-refractivity contribution < 1.29 is 0 Å². The second-order valence-corrected chi connectivity index (χ2v) is 5.55. The van der Waals surface area contributed by atoms with E-state index in [1.54, 1.807) is 12.3 Å². The predicted octanol–water partition coefficient (Wildman–Crippen LogP) is 2.62. The van der Waals surface area contributed by atoms with Gasteiger partial charge in [0.15, 0.2) is 0 Å². The zero-order valence-corrected chi connectivity index (χ0v) is 13.5. The van der Waals surface area contributed by atoms with E-state index in [-0.39, 0.29) is 0 Å². The number of hydrogen-bond donors (Lipinski definition) is 2. The van der Waals surface area contributed by atoms with Gasteiger partial charge in [-0.1, -0.05) is 5.92 Å². The summed E-state index contributed by atoms with van der Waals surface area (Å²) in [6, 6.07) is 7.87. The highest BCUT2D eigenvalue weighted by Crippen LogP contribution is 2.20. The maximum Gasteiger partial charge on any atom is 0.135 e. The molecule has 24 heavy (non-hydrogen) atoms. The van der Waals surface area contributed by atoms with Crippen molar-refractivity contribution >= 4 is 27.8 Å². The van der Waals surface area contributed by atoms with E-state index in [0.717, 1.165) is 39.9 Å². The summed E-state index contributed by atoms with van der Waals surface area (Å²) in [5.41, 5.74) is 10.3. The van der Waals surface area contributed by atoms with Crippen molar-refractivity contribution in [1.82, 2.24) is 24.7 Å². The number of nitrogens with two attached hydrogens (primary N) is 1. The molecule has 0 saturated carbocycles. The number of aryl methyl sites for hydroxylation is 2. The molecular weight excluding hydrogens is 300 g/mol. The molecule has 0 atom stereocenters. The minimum absolute atomic E-state index is 0.429. The van der Waals surface area contributed by atoms with E-state index in [4.69, 9.17) is 5.73 Å². The minimum Gasteiger partial charge on any atom is -0.383 e. The summed E-state index contributed by atoms with van der Waals surface area (Å²) in [7, 11) is 0. The van der Waals surface area contributed by atoms with E-state index < -0.39 is 0 Å². The Morgan fingerprint density at radius 1 is 1.21 bits per heavy atom. The molecule has 1 aromatic carbocycles. The number of nitrogen functional groups attached to an aromatic ring is 1. The Kier molecular flexibility index (Phi) is 3.21. The highest BCUT2D eigenvalue weighted by molar-refractivity contribution is 5.92. The molecule has 4 aromatic rings. The van der Waals surface area contributed by atoms with Crippen LogP contribution in [0.25, 0.3) is 21.9 Å². The van der Waals surface area contributed by atoms with Crippen LogP contribution in [0.1, 0.15) is 24.0 Å². The molecule has 118 valence electrons. The Morgan fingerprint density at radius 3 is 2.92 bits per heavy atom. The molecule has 3 heterocycles. The molecule has 3 aromatic heterocycles. The molecule has 0 aliphatic rings. The van der Waals surface area contributed by atoms with E-state index in [9.17, 15) is 0 Å². The van der Waals surface area contributed by atoms with Crippen molar-refractivity contribution in [3.05, 3.63) is 47.5 Å². The van der Waals surface area contributed by atoms with E-state index >= 15 is 0 Å². The minimum atomic E-state index is 0.429. The molecule has 0 aliphatic carbocycles. The summed E-state index contributed by atoms with van der Waals surface area (Å²) in [5, 5.41) is 7.89. The Labute approximate surface area is 138 Å². The van der Waals surface area contributed by atoms with E-state index in [1.165, 1.54) is 0 Å². The van der Waals surface area contributed by atoms with E-state index in [2.05, 4.69) is 49.6 Å². The van der Waals surface area contributed by atoms with Gasteiger partial charge in [-0.15, -0.1) is 0 Å². The first kappa shape index (κ1) is 14.3. The lowest BCUT2D eigenvalue weighted by molar-refractivity contribution is 0.753. The molecule has 6 heteroatoms. The van der Waals surface area contributed by atoms with Crippen molar-refractivity contribution in [2.75, 3.05) is 5.73 Å². The molecular formula is C18H16N6. The van der Waals surface area contributed by atoms with Crippen LogP contribution in [-0.4, -0.2) is 24.7 Å². The summed E-state index contributed by atoms with van der Waals surface area (Å²) in [4.78, 5) is 8.69. The molecule has 0 unspecified atom stereocenters. The molecule has 3 N–H and O–H groups in total. The number of imidazole rings is 1. The van der Waals surface area contributed by atoms with Gasteiger partial charge in [-0.05, 0) is 44.0 Å². The first-order valence-electron chi connectivity index (χ1n) is 7.75. The number of anilines is 1. The van der Waals surface area contributed by atoms with Gasteiger partial charge in [-0.2, -0.15) is 5.10 Å². The molecule has 0 aliphatic heterocycles. The number of fused-ring (bicyclic) bond motifs is 2. The van der Waals surface area contributed by atoms with Crippen LogP contribution in [0, 0.1) is 18.8 Å². The maximum absolute atomic E-state index is 5.93. The summed E-state index contributed by atoms with van der Waals surface area (Å²) >= 11 is 0. The SMILES string of the molecule is CCn1c(C)nc2cc(C#Cc3[nH]nc4ccnc(N)c34)ccc21. The number of aromatic amines is 1. The molecule has 0 fully saturated rings. The van der Waals surface area contributed by atoms with Gasteiger partial charge in [-0.3, -0.25) is 5.10 Å². The van der Waals surface area contributed by atoms with Crippen LogP contribution < -0.4 is 5.73 Å². The summed E-state index contributed by atoms with van der Waals surface area (Å²) in [5.74, 6) is 7.69. The Morgan fingerprint density at radius 2 is 2.08 bits per heavy atom. The monoisotopic (exact) mass is 316 g/mol. The van der Waals surface area contributed by atoms with Crippen molar-refractivity contribution in [3.8, 4) is 11.8 Å². The number of hydrogen-bond acceptors (Lipinski definition) is 4.